The van der Waals surface area contributed by atoms with E-state index >= 15 is 0 Å². The molecule has 0 spiro atoms. The molecule has 0 saturated heterocycles. The van der Waals surface area contributed by atoms with Gasteiger partial charge in [-0.25, -0.2) is 0 Å². The van der Waals surface area contributed by atoms with Crippen molar-refractivity contribution in [3.63, 3.8) is 0 Å². The predicted molar refractivity (Wildman–Crippen MR) is 116 cm³/mol. The molecule has 2 aromatic heterocycles. The molecule has 1 fully saturated rings. The first-order chi connectivity index (χ1) is 14.5. The molecular formula is C20H27N9O. The molecule has 3 aromatic rings. The third-order valence-corrected chi connectivity index (χ3v) is 5.45. The maximum Gasteiger partial charge on any atom is 0.273 e. The van der Waals surface area contributed by atoms with Gasteiger partial charge in [0, 0.05) is 35.9 Å². The van der Waals surface area contributed by atoms with Crippen molar-refractivity contribution in [2.45, 2.75) is 57.7 Å². The Balaban J connectivity index is 1.60. The summed E-state index contributed by atoms with van der Waals surface area (Å²) in [5.74, 6) is -0.135. The molecule has 1 saturated carbocycles. The second-order valence-electron chi connectivity index (χ2n) is 7.63. The van der Waals surface area contributed by atoms with E-state index in [1.54, 1.807) is 0 Å². The molecule has 2 atom stereocenters. The van der Waals surface area contributed by atoms with E-state index in [-0.39, 0.29) is 23.6 Å². The summed E-state index contributed by atoms with van der Waals surface area (Å²) >= 11 is 0. The van der Waals surface area contributed by atoms with Crippen molar-refractivity contribution in [1.82, 2.24) is 25.0 Å². The number of anilines is 3. The van der Waals surface area contributed by atoms with Gasteiger partial charge in [0.15, 0.2) is 11.5 Å². The number of amides is 1. The Morgan fingerprint density at radius 1 is 1.23 bits per heavy atom. The lowest BCUT2D eigenvalue weighted by Crippen LogP contribution is -2.40. The van der Waals surface area contributed by atoms with Gasteiger partial charge in [0.1, 0.15) is 0 Å². The Bertz CT molecular complexity index is 1050. The monoisotopic (exact) mass is 409 g/mol. The maximum absolute atomic E-state index is 11.8. The smallest absolute Gasteiger partial charge is 0.273 e. The second kappa shape index (κ2) is 8.62. The van der Waals surface area contributed by atoms with Crippen molar-refractivity contribution in [3.05, 3.63) is 30.1 Å². The van der Waals surface area contributed by atoms with Crippen LogP contribution < -0.4 is 22.1 Å². The first kappa shape index (κ1) is 20.0. The number of primary amides is 1. The molecule has 6 N–H and O–H groups in total. The topological polar surface area (TPSA) is 150 Å². The molecule has 10 nitrogen and oxygen atoms in total. The Kier molecular flexibility index (Phi) is 5.75. The normalized spacial score (nSPS) is 19.4. The Hall–Kier alpha value is -3.27. The largest absolute Gasteiger partial charge is 0.364 e. The number of aryl methyl sites for hydroxylation is 1. The summed E-state index contributed by atoms with van der Waals surface area (Å²) in [6, 6.07) is 5.84. The van der Waals surface area contributed by atoms with E-state index in [9.17, 15) is 4.79 Å². The van der Waals surface area contributed by atoms with Crippen LogP contribution in [0.3, 0.4) is 0 Å². The van der Waals surface area contributed by atoms with Crippen LogP contribution in [-0.4, -0.2) is 43.0 Å². The van der Waals surface area contributed by atoms with Crippen molar-refractivity contribution in [1.29, 1.82) is 0 Å². The molecule has 1 amide bonds. The quantitative estimate of drug-likeness (QED) is 0.452. The van der Waals surface area contributed by atoms with Crippen LogP contribution >= 0.6 is 0 Å². The zero-order valence-electron chi connectivity index (χ0n) is 17.0. The number of hydrogen-bond acceptors (Lipinski definition) is 8. The highest BCUT2D eigenvalue weighted by molar-refractivity contribution is 5.96. The molecule has 0 aliphatic heterocycles. The number of rotatable bonds is 6. The molecule has 10 heteroatoms. The zero-order chi connectivity index (χ0) is 21.1. The molecular weight excluding hydrogens is 382 g/mol. The zero-order valence-corrected chi connectivity index (χ0v) is 17.0. The van der Waals surface area contributed by atoms with Crippen molar-refractivity contribution in [3.8, 4) is 0 Å². The molecule has 158 valence electrons. The van der Waals surface area contributed by atoms with Crippen LogP contribution in [0.15, 0.2) is 24.4 Å². The summed E-state index contributed by atoms with van der Waals surface area (Å²) in [6.45, 7) is 2.82. The van der Waals surface area contributed by atoms with E-state index < -0.39 is 5.91 Å². The minimum atomic E-state index is -0.702. The number of aromatic nitrogens is 5. The molecule has 1 aliphatic rings. The van der Waals surface area contributed by atoms with Gasteiger partial charge in [-0.1, -0.05) is 19.3 Å². The minimum absolute atomic E-state index is 0.0232. The average Bonchev–Trinajstić information content (AvgIpc) is 3.04. The van der Waals surface area contributed by atoms with Gasteiger partial charge in [-0.05, 0) is 38.0 Å². The van der Waals surface area contributed by atoms with Gasteiger partial charge in [0.25, 0.3) is 5.91 Å². The second-order valence-corrected chi connectivity index (χ2v) is 7.63. The fraction of sp³-hybridized carbons (Fsp3) is 0.450. The third-order valence-electron chi connectivity index (χ3n) is 5.45. The summed E-state index contributed by atoms with van der Waals surface area (Å²) in [5, 5.41) is 20.0. The molecule has 0 bridgehead atoms. The number of nitrogens with two attached hydrogens (primary N) is 2. The van der Waals surface area contributed by atoms with E-state index in [4.69, 9.17) is 11.5 Å². The molecule has 1 aliphatic carbocycles. The Morgan fingerprint density at radius 2 is 2.07 bits per heavy atom. The first-order valence-electron chi connectivity index (χ1n) is 10.3. The van der Waals surface area contributed by atoms with Gasteiger partial charge in [-0.3, -0.25) is 9.48 Å². The molecule has 2 heterocycles. The lowest BCUT2D eigenvalue weighted by molar-refractivity contribution is 0.0995. The van der Waals surface area contributed by atoms with Crippen LogP contribution in [0.25, 0.3) is 10.9 Å². The molecule has 0 unspecified atom stereocenters. The Labute approximate surface area is 174 Å². The highest BCUT2D eigenvalue weighted by atomic mass is 16.1. The Morgan fingerprint density at radius 3 is 2.87 bits per heavy atom. The number of nitrogens with one attached hydrogen (secondary N) is 2. The lowest BCUT2D eigenvalue weighted by Gasteiger charge is -2.22. The molecule has 30 heavy (non-hydrogen) atoms. The SMILES string of the molecule is CCn1cc2ccc(Nc3nc(N[C@@H]4CCCCC[C@@H]4N)nnc3C(N)=O)cc2n1. The standard InChI is InChI=1S/C20H27N9O/c1-2-29-11-12-8-9-13(10-16(12)28-29)23-19-17(18(22)30)26-27-20(25-19)24-15-7-5-3-4-6-14(15)21/h8-11,14-15H,2-7,21H2,1H3,(H2,22,30)(H2,23,24,25,27)/t14-,15+/m0/s1. The third kappa shape index (κ3) is 4.33. The maximum atomic E-state index is 11.8. The van der Waals surface area contributed by atoms with Gasteiger partial charge >= 0.3 is 0 Å². The van der Waals surface area contributed by atoms with Crippen LogP contribution in [0.5, 0.6) is 0 Å². The number of carbonyl (C=O) groups is 1. The fourth-order valence-electron chi connectivity index (χ4n) is 3.77. The van der Waals surface area contributed by atoms with Crippen LogP contribution in [0.1, 0.15) is 49.5 Å². The fourth-order valence-corrected chi connectivity index (χ4v) is 3.77. The van der Waals surface area contributed by atoms with E-state index in [1.165, 1.54) is 6.42 Å². The van der Waals surface area contributed by atoms with Crippen LogP contribution in [0, 0.1) is 0 Å². The van der Waals surface area contributed by atoms with Gasteiger partial charge in [-0.2, -0.15) is 10.1 Å². The number of hydrogen-bond donors (Lipinski definition) is 4. The highest BCUT2D eigenvalue weighted by Gasteiger charge is 2.22. The van der Waals surface area contributed by atoms with E-state index in [1.807, 2.05) is 36.0 Å². The van der Waals surface area contributed by atoms with Gasteiger partial charge in [0.05, 0.1) is 5.52 Å². The van der Waals surface area contributed by atoms with Crippen molar-refractivity contribution in [2.75, 3.05) is 10.6 Å². The van der Waals surface area contributed by atoms with E-state index in [2.05, 4.69) is 30.9 Å². The molecule has 1 aromatic carbocycles. The van der Waals surface area contributed by atoms with Crippen LogP contribution in [0.4, 0.5) is 17.5 Å². The van der Waals surface area contributed by atoms with Gasteiger partial charge in [0.2, 0.25) is 5.95 Å². The van der Waals surface area contributed by atoms with Gasteiger partial charge < -0.3 is 22.1 Å². The van der Waals surface area contributed by atoms with Gasteiger partial charge in [-0.15, -0.1) is 10.2 Å². The highest BCUT2D eigenvalue weighted by Crippen LogP contribution is 2.24. The predicted octanol–water partition coefficient (Wildman–Crippen LogP) is 2.16. The number of benzene rings is 1. The van der Waals surface area contributed by atoms with E-state index in [0.29, 0.717) is 5.95 Å². The number of carbonyl (C=O) groups excluding carboxylic acids is 1. The molecule has 4 rings (SSSR count). The summed E-state index contributed by atoms with van der Waals surface area (Å²) in [4.78, 5) is 16.3. The minimum Gasteiger partial charge on any atom is -0.364 e. The molecule has 0 radical (unpaired) electrons. The van der Waals surface area contributed by atoms with Crippen molar-refractivity contribution < 1.29 is 4.79 Å². The summed E-state index contributed by atoms with van der Waals surface area (Å²) in [6.07, 6.45) is 7.30. The first-order valence-corrected chi connectivity index (χ1v) is 10.3. The summed E-state index contributed by atoms with van der Waals surface area (Å²) < 4.78 is 1.87. The number of fused-ring (bicyclic) bond motifs is 1. The summed E-state index contributed by atoms with van der Waals surface area (Å²) in [7, 11) is 0. The van der Waals surface area contributed by atoms with Crippen LogP contribution in [-0.2, 0) is 6.54 Å². The lowest BCUT2D eigenvalue weighted by atomic mass is 10.0. The van der Waals surface area contributed by atoms with Crippen molar-refractivity contribution in [2.24, 2.45) is 11.5 Å². The van der Waals surface area contributed by atoms with E-state index in [0.717, 1.165) is 48.8 Å². The average molecular weight is 409 g/mol. The van der Waals surface area contributed by atoms with Crippen LogP contribution in [0.2, 0.25) is 0 Å². The van der Waals surface area contributed by atoms with Crippen molar-refractivity contribution >= 4 is 34.3 Å². The number of nitrogens with zero attached hydrogens (tertiary/aromatic N) is 5. The summed E-state index contributed by atoms with van der Waals surface area (Å²) in [5.41, 5.74) is 13.3.